The third-order valence-corrected chi connectivity index (χ3v) is 2.81. The molecule has 0 saturated carbocycles. The zero-order chi connectivity index (χ0) is 13.4. The van der Waals surface area contributed by atoms with Gasteiger partial charge >= 0.3 is 0 Å². The Labute approximate surface area is 109 Å². The maximum Gasteiger partial charge on any atom is 0.260 e. The van der Waals surface area contributed by atoms with E-state index in [2.05, 4.69) is 0 Å². The highest BCUT2D eigenvalue weighted by molar-refractivity contribution is 5.77. The lowest BCUT2D eigenvalue weighted by atomic mass is 10.1. The van der Waals surface area contributed by atoms with Crippen molar-refractivity contribution in [2.45, 2.75) is 20.3 Å². The molecule has 0 saturated heterocycles. The summed E-state index contributed by atoms with van der Waals surface area (Å²) < 4.78 is 5.51. The highest BCUT2D eigenvalue weighted by atomic mass is 16.5. The number of rotatable bonds is 7. The van der Waals surface area contributed by atoms with Crippen molar-refractivity contribution in [1.82, 2.24) is 4.90 Å². The van der Waals surface area contributed by atoms with E-state index in [0.29, 0.717) is 19.6 Å². The first kappa shape index (κ1) is 14.5. The van der Waals surface area contributed by atoms with E-state index in [1.54, 1.807) is 4.90 Å². The maximum absolute atomic E-state index is 11.8. The van der Waals surface area contributed by atoms with Gasteiger partial charge in [-0.15, -0.1) is 0 Å². The monoisotopic (exact) mass is 250 g/mol. The molecule has 1 aromatic rings. The second kappa shape index (κ2) is 7.71. The van der Waals surface area contributed by atoms with Crippen molar-refractivity contribution in [3.8, 4) is 5.75 Å². The minimum atomic E-state index is 0.0178. The SMILES string of the molecule is CCN(CC)C(=O)COc1cccc(CCN)c1. The fourth-order valence-electron chi connectivity index (χ4n) is 1.77. The van der Waals surface area contributed by atoms with Crippen LogP contribution in [0.2, 0.25) is 0 Å². The molecule has 1 amide bonds. The van der Waals surface area contributed by atoms with Crippen LogP contribution in [0, 0.1) is 0 Å². The molecule has 0 aliphatic rings. The Bertz CT molecular complexity index is 376. The van der Waals surface area contributed by atoms with Crippen molar-refractivity contribution in [3.63, 3.8) is 0 Å². The van der Waals surface area contributed by atoms with Crippen LogP contribution in [0.3, 0.4) is 0 Å². The molecule has 0 aliphatic carbocycles. The van der Waals surface area contributed by atoms with Crippen molar-refractivity contribution in [1.29, 1.82) is 0 Å². The number of carbonyl (C=O) groups excluding carboxylic acids is 1. The molecule has 0 aliphatic heterocycles. The van der Waals surface area contributed by atoms with Crippen molar-refractivity contribution in [2.24, 2.45) is 5.73 Å². The highest BCUT2D eigenvalue weighted by Crippen LogP contribution is 2.13. The van der Waals surface area contributed by atoms with Gasteiger partial charge in [-0.2, -0.15) is 0 Å². The number of hydrogen-bond donors (Lipinski definition) is 1. The second-order valence-electron chi connectivity index (χ2n) is 4.04. The second-order valence-corrected chi connectivity index (χ2v) is 4.04. The van der Waals surface area contributed by atoms with Gasteiger partial charge in [-0.25, -0.2) is 0 Å². The van der Waals surface area contributed by atoms with E-state index in [9.17, 15) is 4.79 Å². The zero-order valence-corrected chi connectivity index (χ0v) is 11.2. The smallest absolute Gasteiger partial charge is 0.260 e. The van der Waals surface area contributed by atoms with Crippen LogP contribution in [0.1, 0.15) is 19.4 Å². The molecule has 1 rings (SSSR count). The van der Waals surface area contributed by atoms with Gasteiger partial charge in [-0.05, 0) is 44.5 Å². The molecule has 0 unspecified atom stereocenters. The molecule has 4 heteroatoms. The summed E-state index contributed by atoms with van der Waals surface area (Å²) in [6.07, 6.45) is 0.821. The molecule has 0 aromatic heterocycles. The maximum atomic E-state index is 11.8. The summed E-state index contributed by atoms with van der Waals surface area (Å²) in [7, 11) is 0. The topological polar surface area (TPSA) is 55.6 Å². The third-order valence-electron chi connectivity index (χ3n) is 2.81. The summed E-state index contributed by atoms with van der Waals surface area (Å²) in [6.45, 7) is 6.06. The number of amides is 1. The average Bonchev–Trinajstić information content (AvgIpc) is 2.39. The van der Waals surface area contributed by atoms with Crippen LogP contribution < -0.4 is 10.5 Å². The van der Waals surface area contributed by atoms with Crippen molar-refractivity contribution in [3.05, 3.63) is 29.8 Å². The van der Waals surface area contributed by atoms with Gasteiger partial charge in [0.2, 0.25) is 0 Å². The number of hydrogen-bond acceptors (Lipinski definition) is 3. The van der Waals surface area contributed by atoms with Gasteiger partial charge in [-0.1, -0.05) is 12.1 Å². The number of nitrogens with two attached hydrogens (primary N) is 1. The molecule has 0 bridgehead atoms. The number of nitrogens with zero attached hydrogens (tertiary/aromatic N) is 1. The van der Waals surface area contributed by atoms with Crippen LogP contribution in [0.4, 0.5) is 0 Å². The third kappa shape index (κ3) is 4.37. The number of benzene rings is 1. The Morgan fingerprint density at radius 3 is 2.67 bits per heavy atom. The van der Waals surface area contributed by atoms with Crippen LogP contribution in [-0.2, 0) is 11.2 Å². The summed E-state index contributed by atoms with van der Waals surface area (Å²) in [6, 6.07) is 7.71. The van der Waals surface area contributed by atoms with E-state index in [4.69, 9.17) is 10.5 Å². The molecule has 0 radical (unpaired) electrons. The molecule has 0 fully saturated rings. The lowest BCUT2D eigenvalue weighted by Gasteiger charge is -2.18. The van der Waals surface area contributed by atoms with Crippen LogP contribution in [0.15, 0.2) is 24.3 Å². The standard InChI is InChI=1S/C14H22N2O2/c1-3-16(4-2)14(17)11-18-13-7-5-6-12(10-13)8-9-15/h5-7,10H,3-4,8-9,11,15H2,1-2H3. The van der Waals surface area contributed by atoms with Gasteiger partial charge in [0.05, 0.1) is 0 Å². The van der Waals surface area contributed by atoms with E-state index in [0.717, 1.165) is 17.7 Å². The predicted molar refractivity (Wildman–Crippen MR) is 72.6 cm³/mol. The fraction of sp³-hybridized carbons (Fsp3) is 0.500. The van der Waals surface area contributed by atoms with E-state index in [1.807, 2.05) is 38.1 Å². The Morgan fingerprint density at radius 2 is 2.06 bits per heavy atom. The lowest BCUT2D eigenvalue weighted by molar-refractivity contribution is -0.132. The van der Waals surface area contributed by atoms with Gasteiger partial charge < -0.3 is 15.4 Å². The van der Waals surface area contributed by atoms with Gasteiger partial charge in [0.25, 0.3) is 5.91 Å². The molecular formula is C14H22N2O2. The first-order chi connectivity index (χ1) is 8.71. The normalized spacial score (nSPS) is 10.2. The quantitative estimate of drug-likeness (QED) is 0.796. The van der Waals surface area contributed by atoms with Crippen LogP contribution in [0.25, 0.3) is 0 Å². The fourth-order valence-corrected chi connectivity index (χ4v) is 1.77. The van der Waals surface area contributed by atoms with Crippen LogP contribution in [0.5, 0.6) is 5.75 Å². The van der Waals surface area contributed by atoms with E-state index < -0.39 is 0 Å². The number of likely N-dealkylation sites (N-methyl/N-ethyl adjacent to an activating group) is 1. The van der Waals surface area contributed by atoms with Gasteiger partial charge in [0.15, 0.2) is 6.61 Å². The minimum Gasteiger partial charge on any atom is -0.484 e. The van der Waals surface area contributed by atoms with Gasteiger partial charge in [-0.3, -0.25) is 4.79 Å². The Balaban J connectivity index is 2.52. The Kier molecular flexibility index (Phi) is 6.22. The average molecular weight is 250 g/mol. The van der Waals surface area contributed by atoms with Crippen LogP contribution in [-0.4, -0.2) is 37.0 Å². The van der Waals surface area contributed by atoms with Gasteiger partial charge in [0, 0.05) is 13.1 Å². The van der Waals surface area contributed by atoms with E-state index in [1.165, 1.54) is 0 Å². The molecule has 0 spiro atoms. The molecule has 100 valence electrons. The Morgan fingerprint density at radius 1 is 1.33 bits per heavy atom. The summed E-state index contributed by atoms with van der Waals surface area (Å²) >= 11 is 0. The summed E-state index contributed by atoms with van der Waals surface area (Å²) in [5.41, 5.74) is 6.64. The van der Waals surface area contributed by atoms with Crippen molar-refractivity contribution >= 4 is 5.91 Å². The molecule has 18 heavy (non-hydrogen) atoms. The lowest BCUT2D eigenvalue weighted by Crippen LogP contribution is -2.34. The van der Waals surface area contributed by atoms with Gasteiger partial charge in [0.1, 0.15) is 5.75 Å². The van der Waals surface area contributed by atoms with Crippen molar-refractivity contribution < 1.29 is 9.53 Å². The molecule has 1 aromatic carbocycles. The van der Waals surface area contributed by atoms with E-state index in [-0.39, 0.29) is 12.5 Å². The molecule has 2 N–H and O–H groups in total. The highest BCUT2D eigenvalue weighted by Gasteiger charge is 2.09. The largest absolute Gasteiger partial charge is 0.484 e. The van der Waals surface area contributed by atoms with Crippen molar-refractivity contribution in [2.75, 3.05) is 26.2 Å². The van der Waals surface area contributed by atoms with E-state index >= 15 is 0 Å². The summed E-state index contributed by atoms with van der Waals surface area (Å²) in [5.74, 6) is 0.741. The number of carbonyl (C=O) groups is 1. The Hall–Kier alpha value is -1.55. The molecule has 4 nitrogen and oxygen atoms in total. The number of ether oxygens (including phenoxy) is 1. The molecule has 0 heterocycles. The molecule has 0 atom stereocenters. The van der Waals surface area contributed by atoms with Crippen LogP contribution >= 0.6 is 0 Å². The zero-order valence-electron chi connectivity index (χ0n) is 11.2. The first-order valence-electron chi connectivity index (χ1n) is 6.40. The summed E-state index contributed by atoms with van der Waals surface area (Å²) in [5, 5.41) is 0. The molecular weight excluding hydrogens is 228 g/mol. The predicted octanol–water partition coefficient (Wildman–Crippen LogP) is 1.43. The summed E-state index contributed by atoms with van der Waals surface area (Å²) in [4.78, 5) is 13.5. The first-order valence-corrected chi connectivity index (χ1v) is 6.40. The minimum absolute atomic E-state index is 0.0178.